The van der Waals surface area contributed by atoms with Crippen LogP contribution in [0.1, 0.15) is 20.7 Å². The summed E-state index contributed by atoms with van der Waals surface area (Å²) in [5.74, 6) is -1.61. The number of carbonyl (C=O) groups excluding carboxylic acids is 2. The van der Waals surface area contributed by atoms with Crippen LogP contribution < -0.4 is 20.9 Å². The molecule has 0 aliphatic carbocycles. The van der Waals surface area contributed by atoms with Gasteiger partial charge < -0.3 is 11.5 Å². The van der Waals surface area contributed by atoms with Crippen molar-refractivity contribution in [2.24, 2.45) is 0 Å². The maximum absolute atomic E-state index is 12.1. The molecule has 2 amide bonds. The fraction of sp³-hybridized carbons (Fsp3) is 0. The van der Waals surface area contributed by atoms with Gasteiger partial charge in [-0.05, 0) is 24.3 Å². The summed E-state index contributed by atoms with van der Waals surface area (Å²) in [7, 11) is 1.29. The maximum atomic E-state index is 12.1. The second-order valence-electron chi connectivity index (χ2n) is 5.03. The quantitative estimate of drug-likeness (QED) is 0.127. The van der Waals surface area contributed by atoms with Gasteiger partial charge in [-0.2, -0.15) is 0 Å². The minimum Gasteiger partial charge on any atom is -0.393 e. The number of nitrogens with two attached hydrogens (primary N) is 2. The third kappa shape index (κ3) is 4.60. The standard InChI is InChI=1S/C14H12N6O6S2/c15-9-5-1-3-7(11(9)19(23)24)13(21)17-27-28-18-14(22)8-4-2-6-10(16)12(8)20(25)26/h1-6H,15-16H2,(H,17,21)(H,18,22). The number of nitrogens with zero attached hydrogens (tertiary/aromatic N) is 2. The van der Waals surface area contributed by atoms with Crippen molar-refractivity contribution in [1.82, 2.24) is 9.44 Å². The van der Waals surface area contributed by atoms with Crippen LogP contribution in [0.2, 0.25) is 0 Å². The number of hydrogen-bond acceptors (Lipinski definition) is 10. The highest BCUT2D eigenvalue weighted by Gasteiger charge is 2.25. The summed E-state index contributed by atoms with van der Waals surface area (Å²) < 4.78 is 4.57. The third-order valence-corrected chi connectivity index (χ3v) is 4.67. The van der Waals surface area contributed by atoms with E-state index in [1.165, 1.54) is 36.4 Å². The molecular weight excluding hydrogens is 412 g/mol. The van der Waals surface area contributed by atoms with Crippen LogP contribution in [0.5, 0.6) is 0 Å². The maximum Gasteiger partial charge on any atom is 0.304 e. The number of rotatable bonds is 7. The average Bonchev–Trinajstić information content (AvgIpc) is 2.63. The minimum absolute atomic E-state index is 0.169. The summed E-state index contributed by atoms with van der Waals surface area (Å²) in [5, 5.41) is 22.1. The molecule has 2 aromatic carbocycles. The molecular formula is C14H12N6O6S2. The Labute approximate surface area is 165 Å². The monoisotopic (exact) mass is 424 g/mol. The van der Waals surface area contributed by atoms with Gasteiger partial charge in [-0.25, -0.2) is 0 Å². The number of amides is 2. The Morgan fingerprint density at radius 2 is 1.14 bits per heavy atom. The van der Waals surface area contributed by atoms with Crippen LogP contribution in [0.3, 0.4) is 0 Å². The van der Waals surface area contributed by atoms with Gasteiger partial charge in [0.25, 0.3) is 11.8 Å². The van der Waals surface area contributed by atoms with E-state index in [2.05, 4.69) is 9.44 Å². The summed E-state index contributed by atoms with van der Waals surface area (Å²) in [5.41, 5.74) is 9.11. The van der Waals surface area contributed by atoms with Crippen molar-refractivity contribution < 1.29 is 19.4 Å². The second kappa shape index (κ2) is 8.92. The molecule has 0 aliphatic heterocycles. The lowest BCUT2D eigenvalue weighted by molar-refractivity contribution is -0.384. The lowest BCUT2D eigenvalue weighted by Gasteiger charge is -2.07. The molecule has 0 fully saturated rings. The molecule has 12 nitrogen and oxygen atoms in total. The molecule has 2 aromatic rings. The first-order valence-corrected chi connectivity index (χ1v) is 9.38. The Morgan fingerprint density at radius 3 is 1.46 bits per heavy atom. The van der Waals surface area contributed by atoms with Crippen molar-refractivity contribution in [2.45, 2.75) is 0 Å². The van der Waals surface area contributed by atoms with Crippen molar-refractivity contribution in [2.75, 3.05) is 11.5 Å². The van der Waals surface area contributed by atoms with E-state index in [4.69, 9.17) is 11.5 Å². The minimum atomic E-state index is -0.805. The number of nitro benzene ring substituents is 2. The SMILES string of the molecule is Nc1cccc(C(=O)NSSNC(=O)c2cccc(N)c2[N+](=O)[O-])c1[N+](=O)[O-]. The first-order valence-electron chi connectivity index (χ1n) is 7.23. The summed E-state index contributed by atoms with van der Waals surface area (Å²) >= 11 is 0. The molecule has 0 radical (unpaired) electrons. The smallest absolute Gasteiger partial charge is 0.304 e. The van der Waals surface area contributed by atoms with Crippen LogP contribution in [0.25, 0.3) is 0 Å². The molecule has 146 valence electrons. The number of nitrogen functional groups attached to an aromatic ring is 2. The van der Waals surface area contributed by atoms with Crippen molar-refractivity contribution >= 4 is 56.5 Å². The molecule has 0 spiro atoms. The van der Waals surface area contributed by atoms with E-state index in [1.54, 1.807) is 0 Å². The molecule has 0 bridgehead atoms. The largest absolute Gasteiger partial charge is 0.393 e. The number of carbonyl (C=O) groups is 2. The van der Waals surface area contributed by atoms with Crippen molar-refractivity contribution in [1.29, 1.82) is 0 Å². The number of nitro groups is 2. The van der Waals surface area contributed by atoms with E-state index in [9.17, 15) is 29.8 Å². The molecule has 28 heavy (non-hydrogen) atoms. The van der Waals surface area contributed by atoms with Crippen LogP contribution in [0, 0.1) is 20.2 Å². The van der Waals surface area contributed by atoms with Crippen LogP contribution >= 0.6 is 22.0 Å². The Bertz CT molecular complexity index is 892. The number of benzene rings is 2. The van der Waals surface area contributed by atoms with E-state index in [1.807, 2.05) is 0 Å². The van der Waals surface area contributed by atoms with Gasteiger partial charge in [0.05, 0.1) is 9.85 Å². The number of hydrogen-bond donors (Lipinski definition) is 4. The van der Waals surface area contributed by atoms with E-state index in [0.717, 1.165) is 0 Å². The molecule has 0 saturated carbocycles. The van der Waals surface area contributed by atoms with E-state index in [0.29, 0.717) is 22.0 Å². The van der Waals surface area contributed by atoms with Gasteiger partial charge in [0, 0.05) is 22.0 Å². The summed E-state index contributed by atoms with van der Waals surface area (Å²) in [6.45, 7) is 0. The fourth-order valence-electron chi connectivity index (χ4n) is 2.12. The molecule has 0 atom stereocenters. The van der Waals surface area contributed by atoms with Gasteiger partial charge in [0.1, 0.15) is 22.5 Å². The summed E-state index contributed by atoms with van der Waals surface area (Å²) in [6, 6.07) is 7.80. The molecule has 14 heteroatoms. The zero-order chi connectivity index (χ0) is 20.8. The van der Waals surface area contributed by atoms with Gasteiger partial charge in [0.15, 0.2) is 0 Å². The molecule has 2 rings (SSSR count). The highest BCUT2D eigenvalue weighted by Crippen LogP contribution is 2.28. The highest BCUT2D eigenvalue weighted by molar-refractivity contribution is 8.75. The normalized spacial score (nSPS) is 10.1. The molecule has 6 N–H and O–H groups in total. The van der Waals surface area contributed by atoms with Crippen LogP contribution in [-0.4, -0.2) is 21.7 Å². The molecule has 0 heterocycles. The Morgan fingerprint density at radius 1 is 0.786 bits per heavy atom. The van der Waals surface area contributed by atoms with Gasteiger partial charge in [0.2, 0.25) is 0 Å². The van der Waals surface area contributed by atoms with Crippen molar-refractivity contribution in [3.63, 3.8) is 0 Å². The van der Waals surface area contributed by atoms with E-state index in [-0.39, 0.29) is 22.5 Å². The molecule has 0 saturated heterocycles. The first-order chi connectivity index (χ1) is 13.2. The molecule has 0 unspecified atom stereocenters. The average molecular weight is 424 g/mol. The Balaban J connectivity index is 1.99. The van der Waals surface area contributed by atoms with Crippen LogP contribution in [-0.2, 0) is 0 Å². The highest BCUT2D eigenvalue weighted by atomic mass is 33.1. The van der Waals surface area contributed by atoms with Gasteiger partial charge in [-0.15, -0.1) is 0 Å². The lowest BCUT2D eigenvalue weighted by atomic mass is 10.1. The number of para-hydroxylation sites is 2. The van der Waals surface area contributed by atoms with Crippen molar-refractivity contribution in [3.8, 4) is 0 Å². The first kappa shape index (κ1) is 20.8. The Hall–Kier alpha value is -3.52. The van der Waals surface area contributed by atoms with Gasteiger partial charge >= 0.3 is 11.4 Å². The third-order valence-electron chi connectivity index (χ3n) is 3.30. The predicted octanol–water partition coefficient (Wildman–Crippen LogP) is 2.04. The zero-order valence-electron chi connectivity index (χ0n) is 13.8. The fourth-order valence-corrected chi connectivity index (χ4v) is 3.28. The summed E-state index contributed by atoms with van der Waals surface area (Å²) in [4.78, 5) is 44.7. The number of anilines is 2. The van der Waals surface area contributed by atoms with E-state index >= 15 is 0 Å². The Kier molecular flexibility index (Phi) is 6.62. The number of nitrogens with one attached hydrogen (secondary N) is 2. The summed E-state index contributed by atoms with van der Waals surface area (Å²) in [6.07, 6.45) is 0. The van der Waals surface area contributed by atoms with E-state index < -0.39 is 33.0 Å². The van der Waals surface area contributed by atoms with Gasteiger partial charge in [-0.1, -0.05) is 12.1 Å². The van der Waals surface area contributed by atoms with Crippen LogP contribution in [0.4, 0.5) is 22.7 Å². The second-order valence-corrected chi connectivity index (χ2v) is 6.77. The topological polar surface area (TPSA) is 197 Å². The lowest BCUT2D eigenvalue weighted by Crippen LogP contribution is -2.20. The molecule has 0 aromatic heterocycles. The van der Waals surface area contributed by atoms with Gasteiger partial charge in [-0.3, -0.25) is 39.3 Å². The van der Waals surface area contributed by atoms with Crippen LogP contribution in [0.15, 0.2) is 36.4 Å². The van der Waals surface area contributed by atoms with Crippen molar-refractivity contribution in [3.05, 3.63) is 67.8 Å². The molecule has 0 aliphatic rings. The predicted molar refractivity (Wildman–Crippen MR) is 105 cm³/mol. The zero-order valence-corrected chi connectivity index (χ0v) is 15.4.